The molecule has 0 unspecified atom stereocenters. The Morgan fingerprint density at radius 2 is 2.00 bits per heavy atom. The number of hydrogen-bond acceptors (Lipinski definition) is 2. The van der Waals surface area contributed by atoms with Crippen molar-refractivity contribution >= 4 is 17.6 Å². The maximum atomic E-state index is 12.7. The highest BCUT2D eigenvalue weighted by Crippen LogP contribution is 2.34. The van der Waals surface area contributed by atoms with Crippen LogP contribution >= 0.6 is 11.6 Å². The van der Waals surface area contributed by atoms with Crippen molar-refractivity contribution < 1.29 is 31.9 Å². The van der Waals surface area contributed by atoms with E-state index in [9.17, 15) is 26.7 Å². The van der Waals surface area contributed by atoms with Crippen molar-refractivity contribution in [1.29, 1.82) is 0 Å². The molecule has 0 aromatic carbocycles. The second-order valence-electron chi connectivity index (χ2n) is 3.53. The molecule has 0 aliphatic heterocycles. The van der Waals surface area contributed by atoms with Crippen LogP contribution in [0.2, 0.25) is 0 Å². The number of carboxylic acid groups (broad SMARTS) is 1. The molecule has 0 atom stereocenters. The van der Waals surface area contributed by atoms with Crippen LogP contribution in [0, 0.1) is 0 Å². The molecule has 0 aliphatic carbocycles. The highest BCUT2D eigenvalue weighted by molar-refractivity contribution is 6.17. The van der Waals surface area contributed by atoms with Crippen molar-refractivity contribution in [2.75, 3.05) is 0 Å². The summed E-state index contributed by atoms with van der Waals surface area (Å²) in [5, 5.41) is 8.50. The zero-order valence-electron chi connectivity index (χ0n) is 9.14. The monoisotopic (exact) mass is 303 g/mol. The predicted molar refractivity (Wildman–Crippen MR) is 55.1 cm³/mol. The maximum absolute atomic E-state index is 12.7. The molecule has 0 spiro atoms. The zero-order chi connectivity index (χ0) is 14.8. The smallest absolute Gasteiger partial charge is 0.433 e. The minimum Gasteiger partial charge on any atom is -0.481 e. The van der Waals surface area contributed by atoms with Gasteiger partial charge in [0.05, 0.1) is 18.0 Å². The third-order valence-corrected chi connectivity index (χ3v) is 2.44. The van der Waals surface area contributed by atoms with E-state index in [0.29, 0.717) is 6.07 Å². The number of carboxylic acids is 1. The third kappa shape index (κ3) is 3.76. The fourth-order valence-electron chi connectivity index (χ4n) is 1.45. The van der Waals surface area contributed by atoms with Gasteiger partial charge in [0.2, 0.25) is 0 Å². The molecule has 0 radical (unpaired) electrons. The molecule has 0 saturated heterocycles. The van der Waals surface area contributed by atoms with Crippen molar-refractivity contribution in [2.24, 2.45) is 0 Å². The lowest BCUT2D eigenvalue weighted by Gasteiger charge is -2.15. The van der Waals surface area contributed by atoms with Crippen LogP contribution in [0.3, 0.4) is 0 Å². The second-order valence-corrected chi connectivity index (χ2v) is 3.80. The molecule has 0 aliphatic rings. The molecule has 0 saturated carbocycles. The molecular formula is C10H7ClF5NO2. The summed E-state index contributed by atoms with van der Waals surface area (Å²) in [5.74, 6) is -2.21. The second kappa shape index (κ2) is 5.68. The van der Waals surface area contributed by atoms with Gasteiger partial charge in [-0.1, -0.05) is 0 Å². The topological polar surface area (TPSA) is 50.2 Å². The van der Waals surface area contributed by atoms with E-state index in [1.807, 2.05) is 0 Å². The summed E-state index contributed by atoms with van der Waals surface area (Å²) in [4.78, 5) is 13.5. The number of halogens is 6. The molecule has 0 bridgehead atoms. The van der Waals surface area contributed by atoms with Gasteiger partial charge in [-0.05, 0) is 11.6 Å². The summed E-state index contributed by atoms with van der Waals surface area (Å²) >= 11 is 5.28. The summed E-state index contributed by atoms with van der Waals surface area (Å²) in [6.45, 7) is 0. The molecule has 9 heteroatoms. The Kier molecular flexibility index (Phi) is 4.67. The molecular weight excluding hydrogens is 297 g/mol. The Balaban J connectivity index is 3.48. The first-order valence-corrected chi connectivity index (χ1v) is 5.36. The summed E-state index contributed by atoms with van der Waals surface area (Å²) < 4.78 is 63.3. The SMILES string of the molecule is O=C(O)Cc1cc(C(F)F)c(CCl)nc1C(F)(F)F. The van der Waals surface area contributed by atoms with Crippen molar-refractivity contribution in [2.45, 2.75) is 24.9 Å². The quantitative estimate of drug-likeness (QED) is 0.685. The van der Waals surface area contributed by atoms with Crippen LogP contribution in [0.4, 0.5) is 22.0 Å². The molecule has 3 nitrogen and oxygen atoms in total. The molecule has 1 aromatic rings. The number of carbonyl (C=O) groups is 1. The van der Waals surface area contributed by atoms with Gasteiger partial charge in [0, 0.05) is 5.56 Å². The number of aromatic nitrogens is 1. The number of alkyl halides is 6. The Morgan fingerprint density at radius 3 is 2.37 bits per heavy atom. The molecule has 106 valence electrons. The highest BCUT2D eigenvalue weighted by atomic mass is 35.5. The number of pyridine rings is 1. The molecule has 1 heterocycles. The minimum absolute atomic E-state index is 0.492. The lowest BCUT2D eigenvalue weighted by atomic mass is 10.0. The van der Waals surface area contributed by atoms with E-state index in [-0.39, 0.29) is 0 Å². The normalized spacial score (nSPS) is 11.9. The minimum atomic E-state index is -4.94. The summed E-state index contributed by atoms with van der Waals surface area (Å²) in [6, 6.07) is 0.492. The lowest BCUT2D eigenvalue weighted by molar-refractivity contribution is -0.142. The van der Waals surface area contributed by atoms with Crippen LogP contribution in [0.25, 0.3) is 0 Å². The summed E-state index contributed by atoms with van der Waals surface area (Å²) in [7, 11) is 0. The Bertz CT molecular complexity index is 490. The van der Waals surface area contributed by atoms with E-state index < -0.39 is 53.4 Å². The van der Waals surface area contributed by atoms with E-state index >= 15 is 0 Å². The molecule has 1 N–H and O–H groups in total. The predicted octanol–water partition coefficient (Wildman–Crippen LogP) is 3.40. The third-order valence-electron chi connectivity index (χ3n) is 2.19. The molecule has 1 rings (SSSR count). The first-order valence-electron chi connectivity index (χ1n) is 4.82. The van der Waals surface area contributed by atoms with Crippen molar-refractivity contribution in [3.63, 3.8) is 0 Å². The van der Waals surface area contributed by atoms with E-state index in [4.69, 9.17) is 16.7 Å². The van der Waals surface area contributed by atoms with Crippen LogP contribution in [0.1, 0.15) is 28.9 Å². The van der Waals surface area contributed by atoms with Crippen LogP contribution in [0.5, 0.6) is 0 Å². The Hall–Kier alpha value is -1.44. The van der Waals surface area contributed by atoms with Crippen molar-refractivity contribution in [3.05, 3.63) is 28.6 Å². The average Bonchev–Trinajstić information content (AvgIpc) is 2.25. The van der Waals surface area contributed by atoms with E-state index in [1.165, 1.54) is 0 Å². The zero-order valence-corrected chi connectivity index (χ0v) is 9.90. The lowest BCUT2D eigenvalue weighted by Crippen LogP contribution is -2.17. The van der Waals surface area contributed by atoms with Gasteiger partial charge in [-0.25, -0.2) is 13.8 Å². The largest absolute Gasteiger partial charge is 0.481 e. The van der Waals surface area contributed by atoms with E-state index in [1.54, 1.807) is 0 Å². The number of hydrogen-bond donors (Lipinski definition) is 1. The fraction of sp³-hybridized carbons (Fsp3) is 0.400. The van der Waals surface area contributed by atoms with Gasteiger partial charge >= 0.3 is 12.1 Å². The molecule has 0 fully saturated rings. The summed E-state index contributed by atoms with van der Waals surface area (Å²) in [6.07, 6.45) is -9.08. The number of rotatable bonds is 4. The molecule has 1 aromatic heterocycles. The average molecular weight is 304 g/mol. The maximum Gasteiger partial charge on any atom is 0.433 e. The van der Waals surface area contributed by atoms with Crippen LogP contribution in [0.15, 0.2) is 6.07 Å². The van der Waals surface area contributed by atoms with Gasteiger partial charge < -0.3 is 5.11 Å². The molecule has 0 amide bonds. The Morgan fingerprint density at radius 1 is 1.42 bits per heavy atom. The van der Waals surface area contributed by atoms with Gasteiger partial charge in [0.15, 0.2) is 0 Å². The van der Waals surface area contributed by atoms with Gasteiger partial charge in [-0.3, -0.25) is 4.79 Å². The van der Waals surface area contributed by atoms with E-state index in [2.05, 4.69) is 4.98 Å². The van der Waals surface area contributed by atoms with E-state index in [0.717, 1.165) is 0 Å². The Labute approximate surface area is 109 Å². The van der Waals surface area contributed by atoms with Gasteiger partial charge in [0.25, 0.3) is 6.43 Å². The van der Waals surface area contributed by atoms with Crippen molar-refractivity contribution in [1.82, 2.24) is 4.98 Å². The fourth-order valence-corrected chi connectivity index (χ4v) is 1.66. The summed E-state index contributed by atoms with van der Waals surface area (Å²) in [5.41, 5.74) is -3.73. The van der Waals surface area contributed by atoms with Gasteiger partial charge in [-0.2, -0.15) is 13.2 Å². The number of nitrogens with zero attached hydrogens (tertiary/aromatic N) is 1. The van der Waals surface area contributed by atoms with Crippen LogP contribution in [-0.4, -0.2) is 16.1 Å². The first-order chi connectivity index (χ1) is 8.66. The number of aliphatic carboxylic acids is 1. The standard InChI is InChI=1S/C10H7ClF5NO2/c11-3-6-5(9(12)13)1-4(2-7(18)19)8(17-6)10(14,15)16/h1,9H,2-3H2,(H,18,19). The van der Waals surface area contributed by atoms with Crippen LogP contribution < -0.4 is 0 Å². The van der Waals surface area contributed by atoms with Crippen LogP contribution in [-0.2, 0) is 23.3 Å². The van der Waals surface area contributed by atoms with Crippen molar-refractivity contribution in [3.8, 4) is 0 Å². The highest BCUT2D eigenvalue weighted by Gasteiger charge is 2.37. The first kappa shape index (κ1) is 15.6. The van der Waals surface area contributed by atoms with Gasteiger partial charge in [-0.15, -0.1) is 11.6 Å². The molecule has 19 heavy (non-hydrogen) atoms. The van der Waals surface area contributed by atoms with Gasteiger partial charge in [0.1, 0.15) is 5.69 Å².